The van der Waals surface area contributed by atoms with Crippen LogP contribution in [0.4, 0.5) is 8.78 Å². The lowest BCUT2D eigenvalue weighted by molar-refractivity contribution is -0.158. The van der Waals surface area contributed by atoms with Gasteiger partial charge in [0.05, 0.1) is 30.8 Å². The molecule has 1 fully saturated rings. The molecule has 1 atom stereocenters. The summed E-state index contributed by atoms with van der Waals surface area (Å²) in [5.41, 5.74) is -0.442. The van der Waals surface area contributed by atoms with Crippen LogP contribution >= 0.6 is 11.6 Å². The molecule has 8 heteroatoms. The van der Waals surface area contributed by atoms with Gasteiger partial charge in [-0.3, -0.25) is 4.79 Å². The summed E-state index contributed by atoms with van der Waals surface area (Å²) in [5.74, 6) is -3.18. The maximum absolute atomic E-state index is 13.7. The Balaban J connectivity index is 2.20. The number of ether oxygens (including phenoxy) is 2. The number of methoxy groups -OCH3 is 1. The maximum atomic E-state index is 13.7. The molecule has 5 nitrogen and oxygen atoms in total. The maximum Gasteiger partial charge on any atom is 0.336 e. The smallest absolute Gasteiger partial charge is 0.336 e. The van der Waals surface area contributed by atoms with Crippen molar-refractivity contribution in [1.82, 2.24) is 4.90 Å². The molecule has 0 radical (unpaired) electrons. The largest absolute Gasteiger partial charge is 0.467 e. The zero-order valence-electron chi connectivity index (χ0n) is 11.1. The molecule has 114 valence electrons. The Bertz CT molecular complexity index is 582. The monoisotopic (exact) mass is 319 g/mol. The highest BCUT2D eigenvalue weighted by atomic mass is 35.5. The van der Waals surface area contributed by atoms with Crippen molar-refractivity contribution >= 4 is 23.5 Å². The summed E-state index contributed by atoms with van der Waals surface area (Å²) < 4.78 is 36.8. The topological polar surface area (TPSA) is 55.8 Å². The van der Waals surface area contributed by atoms with Gasteiger partial charge in [-0.25, -0.2) is 13.6 Å². The highest BCUT2D eigenvalue weighted by molar-refractivity contribution is 6.30. The predicted octanol–water partition coefficient (Wildman–Crippen LogP) is 1.63. The van der Waals surface area contributed by atoms with Crippen molar-refractivity contribution in [1.29, 1.82) is 0 Å². The molecule has 0 spiro atoms. The van der Waals surface area contributed by atoms with Gasteiger partial charge in [-0.2, -0.15) is 0 Å². The first-order valence-electron chi connectivity index (χ1n) is 6.07. The van der Waals surface area contributed by atoms with Crippen molar-refractivity contribution in [3.05, 3.63) is 34.4 Å². The summed E-state index contributed by atoms with van der Waals surface area (Å²) in [5, 5.41) is -0.404. The van der Waals surface area contributed by atoms with E-state index in [2.05, 4.69) is 4.74 Å². The summed E-state index contributed by atoms with van der Waals surface area (Å²) in [6, 6.07) is 1.48. The molecule has 1 aromatic carbocycles. The van der Waals surface area contributed by atoms with E-state index in [9.17, 15) is 18.4 Å². The molecule has 1 unspecified atom stereocenters. The molecular weight excluding hydrogens is 308 g/mol. The zero-order valence-corrected chi connectivity index (χ0v) is 11.8. The number of carbonyl (C=O) groups is 2. The third-order valence-electron chi connectivity index (χ3n) is 3.06. The number of benzene rings is 1. The van der Waals surface area contributed by atoms with Crippen LogP contribution in [-0.4, -0.2) is 49.7 Å². The van der Waals surface area contributed by atoms with Gasteiger partial charge in [-0.05, 0) is 12.1 Å². The van der Waals surface area contributed by atoms with Crippen LogP contribution < -0.4 is 0 Å². The molecule has 2 rings (SSSR count). The molecule has 1 aliphatic rings. The molecule has 1 aliphatic heterocycles. The number of morpholine rings is 1. The zero-order chi connectivity index (χ0) is 15.6. The summed E-state index contributed by atoms with van der Waals surface area (Å²) in [6.45, 7) is 0.175. The molecule has 21 heavy (non-hydrogen) atoms. The van der Waals surface area contributed by atoms with Gasteiger partial charge in [0.1, 0.15) is 11.6 Å². The van der Waals surface area contributed by atoms with Crippen LogP contribution in [0.2, 0.25) is 5.02 Å². The van der Waals surface area contributed by atoms with Gasteiger partial charge in [0.15, 0.2) is 6.10 Å². The molecule has 1 amide bonds. The van der Waals surface area contributed by atoms with Gasteiger partial charge in [0.2, 0.25) is 0 Å². The fourth-order valence-electron chi connectivity index (χ4n) is 1.96. The number of hydrogen-bond donors (Lipinski definition) is 0. The molecule has 1 aromatic rings. The van der Waals surface area contributed by atoms with Crippen molar-refractivity contribution in [2.24, 2.45) is 0 Å². The lowest BCUT2D eigenvalue weighted by Gasteiger charge is -2.31. The quantitative estimate of drug-likeness (QED) is 0.614. The normalized spacial score (nSPS) is 18.5. The molecule has 0 N–H and O–H groups in total. The molecular formula is C13H12ClF2NO4. The molecule has 1 saturated heterocycles. The van der Waals surface area contributed by atoms with Crippen LogP contribution in [0.3, 0.4) is 0 Å². The fraction of sp³-hybridized carbons (Fsp3) is 0.385. The summed E-state index contributed by atoms with van der Waals surface area (Å²) in [6.07, 6.45) is -0.937. The standard InChI is InChI=1S/C13H12ClF2NO4/c1-20-13(19)11-6-17(2-3-21-11)12(18)7-4-10(16)8(14)5-9(7)15/h4-5,11H,2-3,6H2,1H3. The fourth-order valence-corrected chi connectivity index (χ4v) is 2.11. The SMILES string of the molecule is COC(=O)C1CN(C(=O)c2cc(F)c(Cl)cc2F)CCO1. The second kappa shape index (κ2) is 6.36. The molecule has 1 heterocycles. The van der Waals surface area contributed by atoms with Gasteiger partial charge in [-0.15, -0.1) is 0 Å². The van der Waals surface area contributed by atoms with Gasteiger partial charge < -0.3 is 14.4 Å². The molecule has 0 saturated carbocycles. The number of rotatable bonds is 2. The minimum absolute atomic E-state index is 0.0881. The van der Waals surface area contributed by atoms with E-state index in [1.54, 1.807) is 0 Å². The van der Waals surface area contributed by atoms with E-state index >= 15 is 0 Å². The summed E-state index contributed by atoms with van der Waals surface area (Å²) >= 11 is 5.44. The van der Waals surface area contributed by atoms with Crippen LogP contribution in [0.1, 0.15) is 10.4 Å². The summed E-state index contributed by atoms with van der Waals surface area (Å²) in [7, 11) is 1.20. The lowest BCUT2D eigenvalue weighted by Crippen LogP contribution is -2.49. The van der Waals surface area contributed by atoms with Gasteiger partial charge in [0.25, 0.3) is 5.91 Å². The average molecular weight is 320 g/mol. The van der Waals surface area contributed by atoms with Crippen molar-refractivity contribution < 1.29 is 27.8 Å². The summed E-state index contributed by atoms with van der Waals surface area (Å²) in [4.78, 5) is 24.8. The van der Waals surface area contributed by atoms with Crippen LogP contribution in [0.15, 0.2) is 12.1 Å². The predicted molar refractivity (Wildman–Crippen MR) is 69.0 cm³/mol. The first kappa shape index (κ1) is 15.7. The Kier molecular flexibility index (Phi) is 4.74. The van der Waals surface area contributed by atoms with Crippen LogP contribution in [0.5, 0.6) is 0 Å². The van der Waals surface area contributed by atoms with Crippen LogP contribution in [0, 0.1) is 11.6 Å². The Morgan fingerprint density at radius 3 is 2.76 bits per heavy atom. The van der Waals surface area contributed by atoms with E-state index in [1.165, 1.54) is 12.0 Å². The second-order valence-corrected chi connectivity index (χ2v) is 4.79. The highest BCUT2D eigenvalue weighted by Crippen LogP contribution is 2.21. The molecule has 0 bridgehead atoms. The minimum atomic E-state index is -0.937. The Morgan fingerprint density at radius 2 is 2.10 bits per heavy atom. The van der Waals surface area contributed by atoms with E-state index in [4.69, 9.17) is 16.3 Å². The van der Waals surface area contributed by atoms with E-state index in [0.717, 1.165) is 12.1 Å². The lowest BCUT2D eigenvalue weighted by atomic mass is 10.1. The van der Waals surface area contributed by atoms with Gasteiger partial charge in [-0.1, -0.05) is 11.6 Å². The third-order valence-corrected chi connectivity index (χ3v) is 3.35. The van der Waals surface area contributed by atoms with E-state index in [1.807, 2.05) is 0 Å². The number of nitrogens with zero attached hydrogens (tertiary/aromatic N) is 1. The Hall–Kier alpha value is -1.73. The van der Waals surface area contributed by atoms with E-state index in [-0.39, 0.29) is 19.7 Å². The van der Waals surface area contributed by atoms with E-state index < -0.39 is 40.2 Å². The third kappa shape index (κ3) is 3.30. The number of hydrogen-bond acceptors (Lipinski definition) is 4. The highest BCUT2D eigenvalue weighted by Gasteiger charge is 2.31. The van der Waals surface area contributed by atoms with Crippen molar-refractivity contribution in [3.63, 3.8) is 0 Å². The second-order valence-electron chi connectivity index (χ2n) is 4.38. The average Bonchev–Trinajstić information content (AvgIpc) is 2.49. The van der Waals surface area contributed by atoms with Gasteiger partial charge >= 0.3 is 5.97 Å². The first-order chi connectivity index (χ1) is 9.93. The number of carbonyl (C=O) groups excluding carboxylic acids is 2. The van der Waals surface area contributed by atoms with Crippen molar-refractivity contribution in [3.8, 4) is 0 Å². The number of halogens is 3. The van der Waals surface area contributed by atoms with E-state index in [0.29, 0.717) is 0 Å². The van der Waals surface area contributed by atoms with Gasteiger partial charge in [0, 0.05) is 6.54 Å². The molecule has 0 aromatic heterocycles. The first-order valence-corrected chi connectivity index (χ1v) is 6.45. The van der Waals surface area contributed by atoms with Crippen LogP contribution in [-0.2, 0) is 14.3 Å². The number of esters is 1. The van der Waals surface area contributed by atoms with Crippen molar-refractivity contribution in [2.45, 2.75) is 6.10 Å². The van der Waals surface area contributed by atoms with Crippen LogP contribution in [0.25, 0.3) is 0 Å². The Morgan fingerprint density at radius 1 is 1.38 bits per heavy atom. The van der Waals surface area contributed by atoms with Crippen molar-refractivity contribution in [2.75, 3.05) is 26.8 Å². The minimum Gasteiger partial charge on any atom is -0.467 e. The molecule has 0 aliphatic carbocycles. The Labute approximate surface area is 124 Å². The number of amides is 1.